The second-order valence-corrected chi connectivity index (χ2v) is 22.3. The average molecular weight is 794 g/mol. The Hall–Kier alpha value is -4.02. The lowest BCUT2D eigenvalue weighted by molar-refractivity contribution is 0.0519. The summed E-state index contributed by atoms with van der Waals surface area (Å²) in [4.78, 5) is 28.0. The lowest BCUT2D eigenvalue weighted by atomic mass is 10.1. The first-order chi connectivity index (χ1) is 25.8. The highest BCUT2D eigenvalue weighted by atomic mass is 32.1. The number of halogens is 1. The van der Waals surface area contributed by atoms with Crippen molar-refractivity contribution in [3.05, 3.63) is 80.8 Å². The van der Waals surface area contributed by atoms with Crippen LogP contribution < -0.4 is 14.4 Å². The fourth-order valence-electron chi connectivity index (χ4n) is 5.53. The van der Waals surface area contributed by atoms with Gasteiger partial charge in [0.05, 0.1) is 23.4 Å². The fraction of sp³-hybridized carbons (Fsp3) is 0.462. The van der Waals surface area contributed by atoms with Crippen molar-refractivity contribution in [2.24, 2.45) is 4.99 Å². The van der Waals surface area contributed by atoms with Gasteiger partial charge in [0, 0.05) is 26.6 Å². The van der Waals surface area contributed by atoms with E-state index in [1.807, 2.05) is 52.3 Å². The Bertz CT molecular complexity index is 2090. The largest absolute Gasteiger partial charge is 0.491 e. The van der Waals surface area contributed by atoms with Crippen molar-refractivity contribution >= 4 is 63.7 Å². The number of benzene rings is 2. The number of aromatic nitrogens is 4. The van der Waals surface area contributed by atoms with Gasteiger partial charge in [0.15, 0.2) is 38.8 Å². The zero-order valence-corrected chi connectivity index (χ0v) is 35.3. The van der Waals surface area contributed by atoms with E-state index in [1.54, 1.807) is 35.3 Å². The van der Waals surface area contributed by atoms with Crippen molar-refractivity contribution in [1.29, 1.82) is 0 Å². The van der Waals surface area contributed by atoms with E-state index in [0.29, 0.717) is 42.9 Å². The van der Waals surface area contributed by atoms with Crippen molar-refractivity contribution in [2.75, 3.05) is 52.4 Å². The first-order valence-electron chi connectivity index (χ1n) is 18.3. The Balaban J connectivity index is 1.28. The Morgan fingerprint density at radius 1 is 1.00 bits per heavy atom. The molecule has 5 aromatic rings. The second kappa shape index (κ2) is 19.0. The van der Waals surface area contributed by atoms with Crippen LogP contribution in [0.5, 0.6) is 5.75 Å². The molecule has 0 N–H and O–H groups in total. The molecule has 290 valence electrons. The molecule has 11 nitrogen and oxygen atoms in total. The topological polar surface area (TPSA) is 107 Å². The Kier molecular flexibility index (Phi) is 14.5. The summed E-state index contributed by atoms with van der Waals surface area (Å²) in [5, 5.41) is 9.59. The quantitative estimate of drug-likeness (QED) is 0.0463. The molecule has 3 aromatic heterocycles. The molecular formula is C39H52FN7O4S2Si. The highest BCUT2D eigenvalue weighted by Gasteiger charge is 2.23. The highest BCUT2D eigenvalue weighted by molar-refractivity contribution is 7.16. The molecular weight excluding hydrogens is 742 g/mol. The van der Waals surface area contributed by atoms with Crippen LogP contribution in [0, 0.1) is 12.7 Å². The number of hydrogen-bond donors (Lipinski definition) is 0. The predicted molar refractivity (Wildman–Crippen MR) is 219 cm³/mol. The molecule has 2 aromatic carbocycles. The van der Waals surface area contributed by atoms with Gasteiger partial charge in [-0.1, -0.05) is 49.2 Å². The molecule has 0 aliphatic heterocycles. The molecule has 3 heterocycles. The van der Waals surface area contributed by atoms with E-state index in [1.165, 1.54) is 11.3 Å². The van der Waals surface area contributed by atoms with Crippen molar-refractivity contribution < 1.29 is 23.4 Å². The minimum atomic E-state index is -1.22. The molecule has 0 saturated heterocycles. The smallest absolute Gasteiger partial charge is 0.358 e. The van der Waals surface area contributed by atoms with E-state index in [0.717, 1.165) is 56.5 Å². The van der Waals surface area contributed by atoms with Crippen LogP contribution in [0.1, 0.15) is 46.3 Å². The summed E-state index contributed by atoms with van der Waals surface area (Å²) in [6.45, 7) is 13.3. The molecule has 15 heteroatoms. The first kappa shape index (κ1) is 41.1. The van der Waals surface area contributed by atoms with Gasteiger partial charge in [0.25, 0.3) is 0 Å². The van der Waals surface area contributed by atoms with Gasteiger partial charge in [-0.15, -0.1) is 21.5 Å². The average Bonchev–Trinajstić information content (AvgIpc) is 3.71. The molecule has 0 bridgehead atoms. The number of rotatable bonds is 19. The van der Waals surface area contributed by atoms with Crippen LogP contribution in [-0.4, -0.2) is 86.2 Å². The summed E-state index contributed by atoms with van der Waals surface area (Å²) in [6, 6.07) is 16.4. The van der Waals surface area contributed by atoms with E-state index >= 15 is 0 Å². The molecule has 0 unspecified atom stereocenters. The molecule has 0 radical (unpaired) electrons. The molecule has 0 amide bonds. The van der Waals surface area contributed by atoms with Gasteiger partial charge in [-0.2, -0.15) is 4.99 Å². The normalized spacial score (nSPS) is 12.2. The third kappa shape index (κ3) is 11.3. The molecule has 0 saturated carbocycles. The van der Waals surface area contributed by atoms with Crippen LogP contribution in [0.4, 0.5) is 21.2 Å². The lowest BCUT2D eigenvalue weighted by Crippen LogP contribution is -2.23. The summed E-state index contributed by atoms with van der Waals surface area (Å²) in [7, 11) is 4.68. The van der Waals surface area contributed by atoms with Crippen molar-refractivity contribution in [3.63, 3.8) is 0 Å². The number of thiazole rings is 2. The SMILES string of the molecule is CCOC(=O)c1nc(N(C)c2cc(C)c(/N=c3/sc4ccccc4n3COCC[Si](C)(C)C)nn2)sc1CCCOc1ccc(CCCN(C)C)cc1F. The molecule has 0 spiro atoms. The van der Waals surface area contributed by atoms with Gasteiger partial charge < -0.3 is 24.0 Å². The molecule has 0 aliphatic rings. The highest BCUT2D eigenvalue weighted by Crippen LogP contribution is 2.32. The summed E-state index contributed by atoms with van der Waals surface area (Å²) in [5.41, 5.74) is 3.11. The number of hydrogen-bond acceptors (Lipinski definition) is 12. The number of nitrogens with zero attached hydrogens (tertiary/aromatic N) is 7. The lowest BCUT2D eigenvalue weighted by Gasteiger charge is -2.16. The number of carbonyl (C=O) groups excluding carboxylic acids is 1. The molecule has 0 aliphatic carbocycles. The van der Waals surface area contributed by atoms with Crippen molar-refractivity contribution in [1.82, 2.24) is 24.6 Å². The van der Waals surface area contributed by atoms with Crippen LogP contribution >= 0.6 is 22.7 Å². The van der Waals surface area contributed by atoms with E-state index in [9.17, 15) is 9.18 Å². The van der Waals surface area contributed by atoms with Crippen molar-refractivity contribution in [3.8, 4) is 5.75 Å². The van der Waals surface area contributed by atoms with E-state index in [4.69, 9.17) is 19.2 Å². The third-order valence-corrected chi connectivity index (χ3v) is 12.6. The van der Waals surface area contributed by atoms with Gasteiger partial charge in [-0.3, -0.25) is 4.57 Å². The van der Waals surface area contributed by atoms with Gasteiger partial charge >= 0.3 is 5.97 Å². The van der Waals surface area contributed by atoms with Crippen LogP contribution in [0.15, 0.2) is 53.5 Å². The van der Waals surface area contributed by atoms with E-state index < -0.39 is 14.0 Å². The third-order valence-electron chi connectivity index (χ3n) is 8.61. The summed E-state index contributed by atoms with van der Waals surface area (Å²) >= 11 is 2.97. The summed E-state index contributed by atoms with van der Waals surface area (Å²) in [5.74, 6) is 0.435. The maximum absolute atomic E-state index is 14.8. The molecule has 5 rings (SSSR count). The second-order valence-electron chi connectivity index (χ2n) is 14.6. The summed E-state index contributed by atoms with van der Waals surface area (Å²) < 4.78 is 35.2. The zero-order valence-electron chi connectivity index (χ0n) is 32.6. The number of fused-ring (bicyclic) bond motifs is 1. The summed E-state index contributed by atoms with van der Waals surface area (Å²) in [6.07, 6.45) is 2.82. The Morgan fingerprint density at radius 2 is 1.80 bits per heavy atom. The number of ether oxygens (including phenoxy) is 3. The number of carbonyl (C=O) groups is 1. The van der Waals surface area contributed by atoms with Gasteiger partial charge in [-0.25, -0.2) is 14.2 Å². The Labute approximate surface area is 326 Å². The number of aryl methyl sites for hydroxylation is 3. The van der Waals surface area contributed by atoms with Crippen molar-refractivity contribution in [2.45, 2.75) is 71.9 Å². The molecule has 0 fully saturated rings. The first-order valence-corrected chi connectivity index (χ1v) is 23.7. The maximum Gasteiger partial charge on any atom is 0.358 e. The molecule has 54 heavy (non-hydrogen) atoms. The minimum absolute atomic E-state index is 0.221. The van der Waals surface area contributed by atoms with Gasteiger partial charge in [-0.05, 0) is 108 Å². The monoisotopic (exact) mass is 793 g/mol. The van der Waals surface area contributed by atoms with Crippen LogP contribution in [0.3, 0.4) is 0 Å². The number of para-hydroxylation sites is 1. The number of esters is 1. The van der Waals surface area contributed by atoms with Crippen LogP contribution in [-0.2, 0) is 29.0 Å². The van der Waals surface area contributed by atoms with Crippen LogP contribution in [0.25, 0.3) is 10.2 Å². The van der Waals surface area contributed by atoms with E-state index in [-0.39, 0.29) is 30.5 Å². The molecule has 0 atom stereocenters. The maximum atomic E-state index is 14.8. The standard InChI is InChI=1S/C39H52FN7O4S2Si/c1-9-50-37(48)35-33(17-13-21-51-31-19-18-28(25-29(31)40)14-12-20-45(3)4)53-38(41-35)46(5)34-24-27(2)36(44-43-34)42-39-47(26-49-22-23-54(6,7)8)30-15-10-11-16-32(30)52-39/h10-11,15-16,18-19,24-25H,9,12-14,17,20-23,26H2,1-8H3/b42-39+. The van der Waals surface area contributed by atoms with Gasteiger partial charge in [0.1, 0.15) is 6.73 Å². The fourth-order valence-corrected chi connectivity index (χ4v) is 8.37. The predicted octanol–water partition coefficient (Wildman–Crippen LogP) is 8.39. The number of anilines is 2. The van der Waals surface area contributed by atoms with E-state index in [2.05, 4.69) is 56.4 Å². The zero-order chi connectivity index (χ0) is 38.8. The minimum Gasteiger partial charge on any atom is -0.491 e. The Morgan fingerprint density at radius 3 is 2.52 bits per heavy atom. The van der Waals surface area contributed by atoms with Gasteiger partial charge in [0.2, 0.25) is 0 Å². The van der Waals surface area contributed by atoms with Crippen LogP contribution in [0.2, 0.25) is 25.7 Å².